The van der Waals surface area contributed by atoms with Gasteiger partial charge in [-0.25, -0.2) is 14.1 Å². The Morgan fingerprint density at radius 3 is 2.51 bits per heavy atom. The molecule has 1 aromatic carbocycles. The first kappa shape index (κ1) is 24.8. The van der Waals surface area contributed by atoms with Gasteiger partial charge in [-0.05, 0) is 83.0 Å². The number of piperidine rings is 1. The monoisotopic (exact) mass is 483 g/mol. The van der Waals surface area contributed by atoms with E-state index in [2.05, 4.69) is 69.1 Å². The lowest BCUT2D eigenvalue weighted by molar-refractivity contribution is 0.170. The largest absolute Gasteiger partial charge is 0.490 e. The molecule has 0 atom stereocenters. The zero-order valence-corrected chi connectivity index (χ0v) is 21.3. The summed E-state index contributed by atoms with van der Waals surface area (Å²) in [5, 5.41) is 21.9. The van der Waals surface area contributed by atoms with Crippen LogP contribution in [0.15, 0.2) is 24.4 Å². The SMILES string of the molecule is CC(C)Oc1ccc(Nc2ncc(F)c(NC3CC(C)(C)NC(C)(C)C3)n2)cc1-c1nnnn1C. The van der Waals surface area contributed by atoms with Crippen LogP contribution in [0, 0.1) is 5.82 Å². The summed E-state index contributed by atoms with van der Waals surface area (Å²) >= 11 is 0. The van der Waals surface area contributed by atoms with Crippen molar-refractivity contribution in [1.29, 1.82) is 0 Å². The van der Waals surface area contributed by atoms with Gasteiger partial charge in [-0.3, -0.25) is 0 Å². The second kappa shape index (κ2) is 9.37. The van der Waals surface area contributed by atoms with Crippen LogP contribution in [0.3, 0.4) is 0 Å². The van der Waals surface area contributed by atoms with Gasteiger partial charge in [0.1, 0.15) is 5.75 Å². The molecule has 3 aromatic rings. The lowest BCUT2D eigenvalue weighted by atomic mass is 9.79. The Hall–Kier alpha value is -3.34. The van der Waals surface area contributed by atoms with Crippen LogP contribution in [0.25, 0.3) is 11.4 Å². The molecule has 1 saturated heterocycles. The van der Waals surface area contributed by atoms with Gasteiger partial charge in [-0.15, -0.1) is 5.10 Å². The van der Waals surface area contributed by atoms with Crippen molar-refractivity contribution in [3.05, 3.63) is 30.2 Å². The van der Waals surface area contributed by atoms with Crippen molar-refractivity contribution >= 4 is 17.5 Å². The van der Waals surface area contributed by atoms with E-state index in [-0.39, 0.29) is 35.0 Å². The summed E-state index contributed by atoms with van der Waals surface area (Å²) in [7, 11) is 1.76. The van der Waals surface area contributed by atoms with E-state index in [0.29, 0.717) is 17.3 Å². The molecule has 11 heteroatoms. The van der Waals surface area contributed by atoms with Gasteiger partial charge in [0.05, 0.1) is 17.9 Å². The fraction of sp³-hybridized carbons (Fsp3) is 0.542. The predicted octanol–water partition coefficient (Wildman–Crippen LogP) is 4.06. The maximum Gasteiger partial charge on any atom is 0.229 e. The third-order valence-corrected chi connectivity index (χ3v) is 5.73. The van der Waals surface area contributed by atoms with Crippen molar-refractivity contribution in [3.63, 3.8) is 0 Å². The molecule has 2 aromatic heterocycles. The van der Waals surface area contributed by atoms with E-state index in [9.17, 15) is 4.39 Å². The molecule has 0 aliphatic carbocycles. The lowest BCUT2D eigenvalue weighted by Gasteiger charge is -2.46. The highest BCUT2D eigenvalue weighted by molar-refractivity contribution is 5.71. The Morgan fingerprint density at radius 2 is 1.89 bits per heavy atom. The summed E-state index contributed by atoms with van der Waals surface area (Å²) in [5.41, 5.74) is 1.26. The smallest absolute Gasteiger partial charge is 0.229 e. The molecular weight excluding hydrogens is 449 g/mol. The fourth-order valence-corrected chi connectivity index (χ4v) is 4.87. The highest BCUT2D eigenvalue weighted by Crippen LogP contribution is 2.33. The molecule has 10 nitrogen and oxygen atoms in total. The summed E-state index contributed by atoms with van der Waals surface area (Å²) in [5.74, 6) is 1.18. The van der Waals surface area contributed by atoms with E-state index >= 15 is 0 Å². The topological polar surface area (TPSA) is 115 Å². The third kappa shape index (κ3) is 6.02. The highest BCUT2D eigenvalue weighted by atomic mass is 19.1. The van der Waals surface area contributed by atoms with Crippen LogP contribution in [0.4, 0.5) is 21.8 Å². The number of tetrazole rings is 1. The molecule has 1 aliphatic heterocycles. The van der Waals surface area contributed by atoms with E-state index in [1.54, 1.807) is 11.7 Å². The second-order valence-corrected chi connectivity index (χ2v) is 10.7. The fourth-order valence-electron chi connectivity index (χ4n) is 4.87. The van der Waals surface area contributed by atoms with E-state index < -0.39 is 5.82 Å². The average Bonchev–Trinajstić information content (AvgIpc) is 3.14. The Morgan fingerprint density at radius 1 is 1.17 bits per heavy atom. The van der Waals surface area contributed by atoms with Crippen LogP contribution in [0.1, 0.15) is 54.4 Å². The maximum atomic E-state index is 14.6. The van der Waals surface area contributed by atoms with Crippen molar-refractivity contribution in [1.82, 2.24) is 35.5 Å². The second-order valence-electron chi connectivity index (χ2n) is 10.7. The van der Waals surface area contributed by atoms with Gasteiger partial charge in [-0.2, -0.15) is 4.98 Å². The van der Waals surface area contributed by atoms with Crippen LogP contribution in [-0.4, -0.2) is 53.4 Å². The number of ether oxygens (including phenoxy) is 1. The number of aryl methyl sites for hydroxylation is 1. The number of nitrogens with one attached hydrogen (secondary N) is 3. The Kier molecular flexibility index (Phi) is 6.63. The van der Waals surface area contributed by atoms with Crippen molar-refractivity contribution < 1.29 is 9.13 Å². The molecule has 3 N–H and O–H groups in total. The number of anilines is 3. The number of aromatic nitrogens is 6. The van der Waals surface area contributed by atoms with Gasteiger partial charge in [0, 0.05) is 29.9 Å². The van der Waals surface area contributed by atoms with Crippen molar-refractivity contribution in [2.24, 2.45) is 7.05 Å². The molecule has 3 heterocycles. The summed E-state index contributed by atoms with van der Waals surface area (Å²) in [6, 6.07) is 5.62. The summed E-state index contributed by atoms with van der Waals surface area (Å²) in [4.78, 5) is 8.57. The van der Waals surface area contributed by atoms with Gasteiger partial charge < -0.3 is 20.7 Å². The minimum Gasteiger partial charge on any atom is -0.490 e. The highest BCUT2D eigenvalue weighted by Gasteiger charge is 2.38. The molecule has 35 heavy (non-hydrogen) atoms. The first-order chi connectivity index (χ1) is 16.4. The standard InChI is InChI=1S/C24H34FN9O/c1-14(2)35-19-9-8-15(10-17(19)21-30-32-33-34(21)7)28-22-26-13-18(25)20(29-22)27-16-11-23(3,4)31-24(5,6)12-16/h8-10,13-14,16,31H,11-12H2,1-7H3,(H2,26,27,28,29). The Labute approximate surface area is 205 Å². The van der Waals surface area contributed by atoms with Crippen molar-refractivity contribution in [2.75, 3.05) is 10.6 Å². The molecule has 0 spiro atoms. The number of nitrogens with zero attached hydrogens (tertiary/aromatic N) is 6. The Bertz CT molecular complexity index is 1180. The predicted molar refractivity (Wildman–Crippen MR) is 133 cm³/mol. The average molecular weight is 484 g/mol. The molecule has 4 rings (SSSR count). The number of benzene rings is 1. The quantitative estimate of drug-likeness (QED) is 0.458. The zero-order valence-electron chi connectivity index (χ0n) is 21.3. The summed E-state index contributed by atoms with van der Waals surface area (Å²) < 4.78 is 22.2. The number of halogens is 1. The van der Waals surface area contributed by atoms with E-state index in [4.69, 9.17) is 4.74 Å². The first-order valence-electron chi connectivity index (χ1n) is 11.8. The molecule has 0 amide bonds. The maximum absolute atomic E-state index is 14.6. The minimum absolute atomic E-state index is 0.0206. The Balaban J connectivity index is 1.58. The van der Waals surface area contributed by atoms with Crippen LogP contribution in [0.5, 0.6) is 5.75 Å². The molecule has 188 valence electrons. The van der Waals surface area contributed by atoms with Crippen molar-refractivity contribution in [3.8, 4) is 17.1 Å². The first-order valence-corrected chi connectivity index (χ1v) is 11.8. The molecular formula is C24H34FN9O. The summed E-state index contributed by atoms with van der Waals surface area (Å²) in [6.07, 6.45) is 2.84. The van der Waals surface area contributed by atoms with Gasteiger partial charge in [0.25, 0.3) is 0 Å². The van der Waals surface area contributed by atoms with Gasteiger partial charge >= 0.3 is 0 Å². The number of rotatable bonds is 7. The molecule has 0 saturated carbocycles. The summed E-state index contributed by atoms with van der Waals surface area (Å²) in [6.45, 7) is 12.5. The molecule has 1 fully saturated rings. The van der Waals surface area contributed by atoms with E-state index in [1.165, 1.54) is 6.20 Å². The molecule has 1 aliphatic rings. The van der Waals surface area contributed by atoms with Crippen LogP contribution in [-0.2, 0) is 7.05 Å². The van der Waals surface area contributed by atoms with Crippen molar-refractivity contribution in [2.45, 2.75) is 77.6 Å². The van der Waals surface area contributed by atoms with Gasteiger partial charge in [0.2, 0.25) is 5.95 Å². The van der Waals surface area contributed by atoms with E-state index in [1.807, 2.05) is 32.0 Å². The van der Waals surface area contributed by atoms with Crippen LogP contribution < -0.4 is 20.7 Å². The molecule has 0 unspecified atom stereocenters. The zero-order chi connectivity index (χ0) is 25.4. The molecule has 0 bridgehead atoms. The molecule has 0 radical (unpaired) electrons. The van der Waals surface area contributed by atoms with Crippen LogP contribution >= 0.6 is 0 Å². The van der Waals surface area contributed by atoms with Gasteiger partial charge in [0.15, 0.2) is 17.5 Å². The van der Waals surface area contributed by atoms with Crippen LogP contribution in [0.2, 0.25) is 0 Å². The number of hydrogen-bond donors (Lipinski definition) is 3. The lowest BCUT2D eigenvalue weighted by Crippen LogP contribution is -2.60. The van der Waals surface area contributed by atoms with Gasteiger partial charge in [-0.1, -0.05) is 0 Å². The third-order valence-electron chi connectivity index (χ3n) is 5.73. The normalized spacial score (nSPS) is 17.4. The minimum atomic E-state index is -0.490. The number of hydrogen-bond acceptors (Lipinski definition) is 9. The van der Waals surface area contributed by atoms with E-state index in [0.717, 1.165) is 18.4 Å².